The number of amides is 1. The van der Waals surface area contributed by atoms with Crippen LogP contribution in [-0.2, 0) is 23.9 Å². The van der Waals surface area contributed by atoms with Gasteiger partial charge in [0.25, 0.3) is 0 Å². The molecular formula is C44H61N5O7S. The first-order valence-corrected chi connectivity index (χ1v) is 21.3. The average Bonchev–Trinajstić information content (AvgIpc) is 3.20. The van der Waals surface area contributed by atoms with Gasteiger partial charge >= 0.3 is 17.9 Å². The monoisotopic (exact) mass is 803 g/mol. The maximum Gasteiger partial charge on any atom is 0.317 e. The largest absolute Gasteiger partial charge is 0.480 e. The Morgan fingerprint density at radius 2 is 0.789 bits per heavy atom. The van der Waals surface area contributed by atoms with Crippen molar-refractivity contribution in [2.75, 3.05) is 90.8 Å². The summed E-state index contributed by atoms with van der Waals surface area (Å²) < 4.78 is -0.285. The zero-order chi connectivity index (χ0) is 40.7. The number of carboxylic acid groups (broad SMARTS) is 3. The number of hydrogen-bond acceptors (Lipinski definition) is 9. The van der Waals surface area contributed by atoms with Crippen LogP contribution >= 0.6 is 11.8 Å². The van der Waals surface area contributed by atoms with Gasteiger partial charge in [0, 0.05) is 58.9 Å². The third-order valence-corrected chi connectivity index (χ3v) is 12.0. The van der Waals surface area contributed by atoms with Crippen LogP contribution < -0.4 is 5.32 Å². The van der Waals surface area contributed by atoms with Crippen molar-refractivity contribution in [3.63, 3.8) is 0 Å². The smallest absolute Gasteiger partial charge is 0.317 e. The molecule has 13 heteroatoms. The van der Waals surface area contributed by atoms with Crippen molar-refractivity contribution in [3.8, 4) is 0 Å². The average molecular weight is 804 g/mol. The van der Waals surface area contributed by atoms with E-state index in [-0.39, 0.29) is 36.8 Å². The van der Waals surface area contributed by atoms with Gasteiger partial charge in [-0.05, 0) is 35.3 Å². The fourth-order valence-corrected chi connectivity index (χ4v) is 8.94. The molecule has 0 unspecified atom stereocenters. The Hall–Kier alpha value is -4.27. The summed E-state index contributed by atoms with van der Waals surface area (Å²) in [4.78, 5) is 54.7. The van der Waals surface area contributed by atoms with Crippen LogP contribution in [0.3, 0.4) is 0 Å². The molecule has 310 valence electrons. The maximum absolute atomic E-state index is 13.0. The van der Waals surface area contributed by atoms with Crippen LogP contribution in [0.15, 0.2) is 91.0 Å². The molecule has 1 fully saturated rings. The number of aliphatic carboxylic acids is 3. The van der Waals surface area contributed by atoms with Crippen LogP contribution in [0.1, 0.15) is 61.6 Å². The van der Waals surface area contributed by atoms with Gasteiger partial charge in [-0.2, -0.15) is 0 Å². The Balaban J connectivity index is 1.18. The fraction of sp³-hybridized carbons (Fsp3) is 0.500. The Morgan fingerprint density at radius 3 is 1.14 bits per heavy atom. The second-order valence-corrected chi connectivity index (χ2v) is 16.0. The number of unbranched alkanes of at least 4 members (excludes halogenated alkanes) is 6. The normalized spacial score (nSPS) is 15.6. The molecular weight excluding hydrogens is 743 g/mol. The number of benzene rings is 3. The lowest BCUT2D eigenvalue weighted by atomic mass is 9.84. The van der Waals surface area contributed by atoms with Crippen LogP contribution in [0.4, 0.5) is 0 Å². The van der Waals surface area contributed by atoms with Crippen LogP contribution in [0, 0.1) is 0 Å². The molecule has 1 saturated heterocycles. The molecule has 0 saturated carbocycles. The lowest BCUT2D eigenvalue weighted by molar-refractivity contribution is -0.140. The van der Waals surface area contributed by atoms with E-state index in [2.05, 4.69) is 96.3 Å². The van der Waals surface area contributed by atoms with E-state index in [1.807, 2.05) is 16.7 Å². The SMILES string of the molecule is O=C(O)CN1CCN(CC(=O)O)CCN(CC(=O)NCCCCCCCCCSC(c2ccccc2)(c2ccccc2)c2ccccc2)CCN(CC(=O)O)CC1. The van der Waals surface area contributed by atoms with E-state index in [9.17, 15) is 34.5 Å². The molecule has 0 radical (unpaired) electrons. The van der Waals surface area contributed by atoms with Crippen LogP contribution in [-0.4, -0.2) is 150 Å². The molecule has 3 aromatic carbocycles. The summed E-state index contributed by atoms with van der Waals surface area (Å²) in [6.07, 6.45) is 7.67. The van der Waals surface area contributed by atoms with Crippen LogP contribution in [0.25, 0.3) is 0 Å². The first-order chi connectivity index (χ1) is 27.7. The van der Waals surface area contributed by atoms with E-state index in [0.29, 0.717) is 58.9 Å². The second kappa shape index (κ2) is 25.2. The Bertz CT molecular complexity index is 1510. The summed E-state index contributed by atoms with van der Waals surface area (Å²) >= 11 is 2.02. The van der Waals surface area contributed by atoms with Crippen LogP contribution in [0.2, 0.25) is 0 Å². The highest BCUT2D eigenvalue weighted by Crippen LogP contribution is 2.48. The summed E-state index contributed by atoms with van der Waals surface area (Å²) in [5.74, 6) is -2.02. The molecule has 4 N–H and O–H groups in total. The van der Waals surface area contributed by atoms with Crippen molar-refractivity contribution < 1.29 is 34.5 Å². The Kier molecular flexibility index (Phi) is 20.1. The number of nitrogens with zero attached hydrogens (tertiary/aromatic N) is 4. The van der Waals surface area contributed by atoms with Gasteiger partial charge < -0.3 is 20.6 Å². The summed E-state index contributed by atoms with van der Waals surface area (Å²) in [6, 6.07) is 32.4. The molecule has 0 atom stereocenters. The van der Waals surface area contributed by atoms with Gasteiger partial charge in [0.1, 0.15) is 0 Å². The van der Waals surface area contributed by atoms with Crippen molar-refractivity contribution in [2.24, 2.45) is 0 Å². The Labute approximate surface area is 342 Å². The first-order valence-electron chi connectivity index (χ1n) is 20.3. The van der Waals surface area contributed by atoms with Gasteiger partial charge in [-0.1, -0.05) is 123 Å². The lowest BCUT2D eigenvalue weighted by Crippen LogP contribution is -2.49. The highest BCUT2D eigenvalue weighted by atomic mass is 32.2. The minimum atomic E-state index is -0.996. The highest BCUT2D eigenvalue weighted by Gasteiger charge is 2.36. The standard InChI is InChI=1S/C44H61N5O7S/c50-40(33-46-24-26-47(34-41(51)52)28-30-49(36-43(55)56)31-29-48(27-25-46)35-42(53)54)45-23-15-4-2-1-3-5-16-32-57-44(37-17-9-6-10-18-37,38-19-11-7-12-20-38)39-21-13-8-14-22-39/h6-14,17-22H,1-5,15-16,23-36H2,(H,45,50)(H,51,52)(H,53,54)(H,55,56). The minimum Gasteiger partial charge on any atom is -0.480 e. The van der Waals surface area contributed by atoms with Gasteiger partial charge in [0.2, 0.25) is 5.91 Å². The molecule has 0 bridgehead atoms. The molecule has 12 nitrogen and oxygen atoms in total. The predicted molar refractivity (Wildman–Crippen MR) is 226 cm³/mol. The van der Waals surface area contributed by atoms with Gasteiger partial charge in [0.15, 0.2) is 0 Å². The molecule has 0 aromatic heterocycles. The van der Waals surface area contributed by atoms with Crippen molar-refractivity contribution >= 4 is 35.6 Å². The van der Waals surface area contributed by atoms with E-state index >= 15 is 0 Å². The molecule has 1 aliphatic rings. The topological polar surface area (TPSA) is 154 Å². The second-order valence-electron chi connectivity index (χ2n) is 14.7. The summed E-state index contributed by atoms with van der Waals surface area (Å²) in [6.45, 7) is 3.07. The van der Waals surface area contributed by atoms with E-state index in [1.54, 1.807) is 14.7 Å². The zero-order valence-corrected chi connectivity index (χ0v) is 34.0. The highest BCUT2D eigenvalue weighted by molar-refractivity contribution is 8.00. The molecule has 1 aliphatic heterocycles. The molecule has 4 rings (SSSR count). The molecule has 0 aliphatic carbocycles. The van der Waals surface area contributed by atoms with Gasteiger partial charge in [-0.3, -0.25) is 38.8 Å². The number of carbonyl (C=O) groups excluding carboxylic acids is 1. The van der Waals surface area contributed by atoms with Crippen molar-refractivity contribution in [1.82, 2.24) is 24.9 Å². The summed E-state index contributed by atoms with van der Waals surface area (Å²) in [5, 5.41) is 31.3. The molecule has 57 heavy (non-hydrogen) atoms. The van der Waals surface area contributed by atoms with Gasteiger partial charge in [-0.25, -0.2) is 0 Å². The van der Waals surface area contributed by atoms with Crippen molar-refractivity contribution in [3.05, 3.63) is 108 Å². The van der Waals surface area contributed by atoms with Gasteiger partial charge in [0.05, 0.1) is 30.9 Å². The Morgan fingerprint density at radius 1 is 0.474 bits per heavy atom. The quantitative estimate of drug-likeness (QED) is 0.0796. The van der Waals surface area contributed by atoms with Gasteiger partial charge in [-0.15, -0.1) is 11.8 Å². The van der Waals surface area contributed by atoms with E-state index < -0.39 is 17.9 Å². The van der Waals surface area contributed by atoms with Crippen molar-refractivity contribution in [1.29, 1.82) is 0 Å². The molecule has 0 spiro atoms. The minimum absolute atomic E-state index is 0.112. The zero-order valence-electron chi connectivity index (χ0n) is 33.2. The fourth-order valence-electron chi connectivity index (χ4n) is 7.38. The first kappa shape index (κ1) is 45.4. The lowest BCUT2D eigenvalue weighted by Gasteiger charge is -2.35. The number of carbonyl (C=O) groups is 4. The summed E-state index contributed by atoms with van der Waals surface area (Å²) in [7, 11) is 0. The van der Waals surface area contributed by atoms with E-state index in [4.69, 9.17) is 0 Å². The number of thioether (sulfide) groups is 1. The van der Waals surface area contributed by atoms with Crippen LogP contribution in [0.5, 0.6) is 0 Å². The van der Waals surface area contributed by atoms with E-state index in [0.717, 1.165) is 37.9 Å². The third-order valence-electron chi connectivity index (χ3n) is 10.4. The number of hydrogen-bond donors (Lipinski definition) is 4. The number of carboxylic acids is 3. The predicted octanol–water partition coefficient (Wildman–Crippen LogP) is 5.03. The molecule has 1 amide bonds. The maximum atomic E-state index is 13.0. The van der Waals surface area contributed by atoms with E-state index in [1.165, 1.54) is 29.5 Å². The molecule has 1 heterocycles. The third kappa shape index (κ3) is 16.2. The number of rotatable bonds is 22. The molecule has 3 aromatic rings. The number of nitrogens with one attached hydrogen (secondary N) is 1. The summed E-state index contributed by atoms with van der Waals surface area (Å²) in [5.41, 5.74) is 3.86. The van der Waals surface area contributed by atoms with Crippen molar-refractivity contribution in [2.45, 2.75) is 49.7 Å².